The van der Waals surface area contributed by atoms with Crippen molar-refractivity contribution in [3.63, 3.8) is 0 Å². The monoisotopic (exact) mass is 195 g/mol. The summed E-state index contributed by atoms with van der Waals surface area (Å²) in [6.07, 6.45) is 2.23. The van der Waals surface area contributed by atoms with Gasteiger partial charge < -0.3 is 10.0 Å². The molecule has 1 heterocycles. The number of aryl methyl sites for hydroxylation is 1. The topological polar surface area (TPSA) is 49.2 Å². The predicted octanol–water partition coefficient (Wildman–Crippen LogP) is 0.992. The Morgan fingerprint density at radius 3 is 2.86 bits per heavy atom. The van der Waals surface area contributed by atoms with Gasteiger partial charge in [0.1, 0.15) is 11.6 Å². The number of aliphatic hydroxyl groups excluding tert-OH is 1. The van der Waals surface area contributed by atoms with Crippen molar-refractivity contribution in [3.05, 3.63) is 18.1 Å². The molecule has 0 amide bonds. The second-order valence-electron chi connectivity index (χ2n) is 3.52. The van der Waals surface area contributed by atoms with Crippen LogP contribution in [0.3, 0.4) is 0 Å². The van der Waals surface area contributed by atoms with Gasteiger partial charge in [-0.05, 0) is 26.3 Å². The Morgan fingerprint density at radius 2 is 2.29 bits per heavy atom. The molecule has 0 radical (unpaired) electrons. The molecule has 1 rings (SSSR count). The molecule has 14 heavy (non-hydrogen) atoms. The van der Waals surface area contributed by atoms with E-state index in [1.807, 2.05) is 24.9 Å². The molecule has 1 aromatic heterocycles. The van der Waals surface area contributed by atoms with Crippen LogP contribution in [-0.4, -0.2) is 34.8 Å². The molecule has 4 heteroatoms. The summed E-state index contributed by atoms with van der Waals surface area (Å²) in [4.78, 5) is 10.3. The molecule has 1 N–H and O–H groups in total. The van der Waals surface area contributed by atoms with Crippen molar-refractivity contribution < 1.29 is 5.11 Å². The van der Waals surface area contributed by atoms with Crippen LogP contribution in [0.5, 0.6) is 0 Å². The highest BCUT2D eigenvalue weighted by atomic mass is 16.3. The lowest BCUT2D eigenvalue weighted by atomic mass is 10.3. The smallest absolute Gasteiger partial charge is 0.131 e. The highest BCUT2D eigenvalue weighted by molar-refractivity contribution is 5.35. The summed E-state index contributed by atoms with van der Waals surface area (Å²) in [5.41, 5.74) is 0. The first kappa shape index (κ1) is 10.9. The molecule has 1 unspecified atom stereocenters. The SMILES string of the molecule is Cc1nccc(N(C)CCC(C)O)n1. The van der Waals surface area contributed by atoms with Gasteiger partial charge in [0.05, 0.1) is 6.10 Å². The Bertz CT molecular complexity index is 288. The van der Waals surface area contributed by atoms with Gasteiger partial charge in [-0.3, -0.25) is 0 Å². The Labute approximate surface area is 84.6 Å². The van der Waals surface area contributed by atoms with Crippen LogP contribution in [0, 0.1) is 6.92 Å². The van der Waals surface area contributed by atoms with Crippen molar-refractivity contribution in [1.29, 1.82) is 0 Å². The Morgan fingerprint density at radius 1 is 1.57 bits per heavy atom. The minimum absolute atomic E-state index is 0.264. The molecule has 0 aliphatic heterocycles. The van der Waals surface area contributed by atoms with Crippen LogP contribution in [0.15, 0.2) is 12.3 Å². The standard InChI is InChI=1S/C10H17N3O/c1-8(14)5-7-13(3)10-4-6-11-9(2)12-10/h4,6,8,14H,5,7H2,1-3H3. The number of rotatable bonds is 4. The minimum Gasteiger partial charge on any atom is -0.393 e. The molecule has 0 aliphatic rings. The van der Waals surface area contributed by atoms with Crippen molar-refractivity contribution in [2.75, 3.05) is 18.5 Å². The van der Waals surface area contributed by atoms with Gasteiger partial charge in [-0.15, -0.1) is 0 Å². The van der Waals surface area contributed by atoms with Crippen LogP contribution in [0.4, 0.5) is 5.82 Å². The number of aliphatic hydroxyl groups is 1. The van der Waals surface area contributed by atoms with E-state index in [2.05, 4.69) is 9.97 Å². The van der Waals surface area contributed by atoms with Gasteiger partial charge in [0, 0.05) is 19.8 Å². The molecule has 0 aliphatic carbocycles. The molecule has 0 spiro atoms. The first-order chi connectivity index (χ1) is 6.59. The molecule has 0 bridgehead atoms. The van der Waals surface area contributed by atoms with Crippen LogP contribution >= 0.6 is 0 Å². The molecular formula is C10H17N3O. The van der Waals surface area contributed by atoms with Gasteiger partial charge in [0.25, 0.3) is 0 Å². The van der Waals surface area contributed by atoms with Crippen molar-refractivity contribution in [3.8, 4) is 0 Å². The Balaban J connectivity index is 2.56. The van der Waals surface area contributed by atoms with Gasteiger partial charge in [0.15, 0.2) is 0 Å². The van der Waals surface area contributed by atoms with Crippen molar-refractivity contribution in [1.82, 2.24) is 9.97 Å². The molecule has 0 saturated carbocycles. The van der Waals surface area contributed by atoms with E-state index in [0.29, 0.717) is 0 Å². The predicted molar refractivity (Wildman–Crippen MR) is 56.3 cm³/mol. The van der Waals surface area contributed by atoms with Crippen LogP contribution in [0.25, 0.3) is 0 Å². The largest absolute Gasteiger partial charge is 0.393 e. The third kappa shape index (κ3) is 3.30. The number of anilines is 1. The number of nitrogens with zero attached hydrogens (tertiary/aromatic N) is 3. The average Bonchev–Trinajstić information content (AvgIpc) is 2.14. The van der Waals surface area contributed by atoms with E-state index in [9.17, 15) is 0 Å². The summed E-state index contributed by atoms with van der Waals surface area (Å²) >= 11 is 0. The van der Waals surface area contributed by atoms with Crippen LogP contribution in [0.2, 0.25) is 0 Å². The molecule has 1 aromatic rings. The second kappa shape index (κ2) is 4.91. The fourth-order valence-electron chi connectivity index (χ4n) is 1.15. The molecule has 0 saturated heterocycles. The van der Waals surface area contributed by atoms with Crippen LogP contribution < -0.4 is 4.90 Å². The summed E-state index contributed by atoms with van der Waals surface area (Å²) < 4.78 is 0. The van der Waals surface area contributed by atoms with E-state index >= 15 is 0 Å². The lowest BCUT2D eigenvalue weighted by Crippen LogP contribution is -2.22. The third-order valence-electron chi connectivity index (χ3n) is 2.03. The zero-order chi connectivity index (χ0) is 10.6. The number of aromatic nitrogens is 2. The molecular weight excluding hydrogens is 178 g/mol. The van der Waals surface area contributed by atoms with E-state index in [-0.39, 0.29) is 6.10 Å². The molecule has 4 nitrogen and oxygen atoms in total. The maximum absolute atomic E-state index is 9.14. The van der Waals surface area contributed by atoms with Crippen molar-refractivity contribution >= 4 is 5.82 Å². The quantitative estimate of drug-likeness (QED) is 0.778. The maximum Gasteiger partial charge on any atom is 0.131 e. The van der Waals surface area contributed by atoms with E-state index in [4.69, 9.17) is 5.11 Å². The molecule has 0 aromatic carbocycles. The average molecular weight is 195 g/mol. The van der Waals surface area contributed by atoms with Gasteiger partial charge >= 0.3 is 0 Å². The first-order valence-corrected chi connectivity index (χ1v) is 4.78. The molecule has 0 fully saturated rings. The number of hydrogen-bond acceptors (Lipinski definition) is 4. The molecule has 78 valence electrons. The molecule has 1 atom stereocenters. The van der Waals surface area contributed by atoms with Gasteiger partial charge in [-0.1, -0.05) is 0 Å². The van der Waals surface area contributed by atoms with Gasteiger partial charge in [-0.25, -0.2) is 9.97 Å². The lowest BCUT2D eigenvalue weighted by molar-refractivity contribution is 0.187. The van der Waals surface area contributed by atoms with Crippen molar-refractivity contribution in [2.24, 2.45) is 0 Å². The summed E-state index contributed by atoms with van der Waals surface area (Å²) in [5.74, 6) is 1.67. The van der Waals surface area contributed by atoms with Gasteiger partial charge in [-0.2, -0.15) is 0 Å². The fourth-order valence-corrected chi connectivity index (χ4v) is 1.15. The van der Waals surface area contributed by atoms with Crippen LogP contribution in [0.1, 0.15) is 19.2 Å². The van der Waals surface area contributed by atoms with Crippen LogP contribution in [-0.2, 0) is 0 Å². The summed E-state index contributed by atoms with van der Waals surface area (Å²) in [7, 11) is 1.96. The van der Waals surface area contributed by atoms with Crippen molar-refractivity contribution in [2.45, 2.75) is 26.4 Å². The zero-order valence-electron chi connectivity index (χ0n) is 8.94. The number of hydrogen-bond donors (Lipinski definition) is 1. The van der Waals surface area contributed by atoms with Gasteiger partial charge in [0.2, 0.25) is 0 Å². The third-order valence-corrected chi connectivity index (χ3v) is 2.03. The minimum atomic E-state index is -0.264. The summed E-state index contributed by atoms with van der Waals surface area (Å²) in [6.45, 7) is 4.46. The van der Waals surface area contributed by atoms with E-state index in [0.717, 1.165) is 24.6 Å². The van der Waals surface area contributed by atoms with E-state index in [1.54, 1.807) is 13.1 Å². The Hall–Kier alpha value is -1.16. The summed E-state index contributed by atoms with van der Waals surface area (Å²) in [5, 5.41) is 9.14. The lowest BCUT2D eigenvalue weighted by Gasteiger charge is -2.18. The van der Waals surface area contributed by atoms with E-state index in [1.165, 1.54) is 0 Å². The summed E-state index contributed by atoms with van der Waals surface area (Å²) in [6, 6.07) is 1.87. The maximum atomic E-state index is 9.14. The second-order valence-corrected chi connectivity index (χ2v) is 3.52. The first-order valence-electron chi connectivity index (χ1n) is 4.78. The highest BCUT2D eigenvalue weighted by Crippen LogP contribution is 2.08. The Kier molecular flexibility index (Phi) is 3.83. The highest BCUT2D eigenvalue weighted by Gasteiger charge is 2.04. The fraction of sp³-hybridized carbons (Fsp3) is 0.600. The van der Waals surface area contributed by atoms with E-state index < -0.39 is 0 Å². The zero-order valence-corrected chi connectivity index (χ0v) is 8.94. The normalized spacial score (nSPS) is 12.6.